The van der Waals surface area contributed by atoms with Crippen molar-refractivity contribution >= 4 is 38.6 Å². The number of carbonyl (C=O) groups excluding carboxylic acids is 1. The lowest BCUT2D eigenvalue weighted by Crippen LogP contribution is -2.42. The highest BCUT2D eigenvalue weighted by atomic mass is 79.9. The van der Waals surface area contributed by atoms with Gasteiger partial charge in [-0.3, -0.25) is 9.00 Å². The maximum atomic E-state index is 12.3. The Morgan fingerprint density at radius 3 is 2.48 bits per heavy atom. The fraction of sp³-hybridized carbons (Fsp3) is 0.385. The fourth-order valence-electron chi connectivity index (χ4n) is 1.50. The standard InChI is InChI=1S/C13H15BrFNO4S/c14-9-3-5-10(6-4-9)21(20)7-1-2-12(17)16-11(8-15)13(18)19/h3-6,11H,1-2,7-8H2,(H,16,17)(H,18,19). The molecule has 2 atom stereocenters. The number of carboxylic acid groups (broad SMARTS) is 1. The van der Waals surface area contributed by atoms with Crippen molar-refractivity contribution in [2.45, 2.75) is 23.8 Å². The number of halogens is 2. The van der Waals surface area contributed by atoms with Gasteiger partial charge >= 0.3 is 5.97 Å². The van der Waals surface area contributed by atoms with Crippen LogP contribution in [-0.4, -0.2) is 39.7 Å². The second-order valence-electron chi connectivity index (χ2n) is 4.22. The molecule has 1 rings (SSSR count). The van der Waals surface area contributed by atoms with Gasteiger partial charge in [0.2, 0.25) is 5.91 Å². The molecule has 2 N–H and O–H groups in total. The van der Waals surface area contributed by atoms with Crippen LogP contribution >= 0.6 is 15.9 Å². The minimum Gasteiger partial charge on any atom is -0.480 e. The van der Waals surface area contributed by atoms with Crippen molar-refractivity contribution in [2.75, 3.05) is 12.4 Å². The Hall–Kier alpha value is -1.28. The Balaban J connectivity index is 2.36. The van der Waals surface area contributed by atoms with Crippen LogP contribution in [0.5, 0.6) is 0 Å². The predicted molar refractivity (Wildman–Crippen MR) is 80.2 cm³/mol. The van der Waals surface area contributed by atoms with Crippen LogP contribution in [0.25, 0.3) is 0 Å². The molecule has 0 aliphatic carbocycles. The third kappa shape index (κ3) is 6.34. The zero-order valence-corrected chi connectivity index (χ0v) is 13.5. The molecule has 1 amide bonds. The molecule has 0 fully saturated rings. The Bertz CT molecular complexity index is 523. The van der Waals surface area contributed by atoms with Crippen molar-refractivity contribution in [2.24, 2.45) is 0 Å². The summed E-state index contributed by atoms with van der Waals surface area (Å²) >= 11 is 3.28. The van der Waals surface area contributed by atoms with Crippen LogP contribution in [0, 0.1) is 0 Å². The van der Waals surface area contributed by atoms with Crippen molar-refractivity contribution < 1.29 is 23.3 Å². The maximum Gasteiger partial charge on any atom is 0.328 e. The van der Waals surface area contributed by atoms with Crippen LogP contribution in [0.4, 0.5) is 4.39 Å². The Labute approximate surface area is 132 Å². The SMILES string of the molecule is O=C(CCCS(=O)c1ccc(Br)cc1)NC(CF)C(=O)O. The first-order valence-electron chi connectivity index (χ1n) is 6.16. The summed E-state index contributed by atoms with van der Waals surface area (Å²) in [5.74, 6) is -1.69. The lowest BCUT2D eigenvalue weighted by Gasteiger charge is -2.10. The third-order valence-corrected chi connectivity index (χ3v) is 4.58. The number of rotatable bonds is 8. The van der Waals surface area contributed by atoms with Crippen molar-refractivity contribution in [3.63, 3.8) is 0 Å². The average Bonchev–Trinajstić information content (AvgIpc) is 2.45. The highest BCUT2D eigenvalue weighted by molar-refractivity contribution is 9.10. The summed E-state index contributed by atoms with van der Waals surface area (Å²) in [6.45, 7) is -1.16. The van der Waals surface area contributed by atoms with E-state index >= 15 is 0 Å². The summed E-state index contributed by atoms with van der Waals surface area (Å²) in [5, 5.41) is 10.7. The van der Waals surface area contributed by atoms with E-state index in [-0.39, 0.29) is 12.2 Å². The normalized spacial score (nSPS) is 13.4. The van der Waals surface area contributed by atoms with E-state index in [1.165, 1.54) is 0 Å². The minimum atomic E-state index is -1.52. The highest BCUT2D eigenvalue weighted by Gasteiger charge is 2.19. The van der Waals surface area contributed by atoms with E-state index in [1.807, 2.05) is 0 Å². The van der Waals surface area contributed by atoms with Crippen molar-refractivity contribution in [3.8, 4) is 0 Å². The van der Waals surface area contributed by atoms with Gasteiger partial charge in [0, 0.05) is 21.5 Å². The van der Waals surface area contributed by atoms with Gasteiger partial charge in [-0.15, -0.1) is 0 Å². The first-order valence-corrected chi connectivity index (χ1v) is 8.27. The number of amides is 1. The highest BCUT2D eigenvalue weighted by Crippen LogP contribution is 2.14. The lowest BCUT2D eigenvalue weighted by molar-refractivity contribution is -0.142. The van der Waals surface area contributed by atoms with Crippen LogP contribution in [0.15, 0.2) is 33.6 Å². The predicted octanol–water partition coefficient (Wildman–Crippen LogP) is 1.88. The average molecular weight is 380 g/mol. The lowest BCUT2D eigenvalue weighted by atomic mass is 10.2. The molecule has 0 aliphatic heterocycles. The van der Waals surface area contributed by atoms with E-state index in [0.29, 0.717) is 11.3 Å². The molecule has 0 saturated carbocycles. The molecule has 0 aliphatic rings. The first kappa shape index (κ1) is 17.8. The largest absolute Gasteiger partial charge is 0.480 e. The molecule has 1 aromatic rings. The van der Waals surface area contributed by atoms with Crippen LogP contribution in [0.2, 0.25) is 0 Å². The topological polar surface area (TPSA) is 83.5 Å². The van der Waals surface area contributed by atoms with Gasteiger partial charge in [-0.1, -0.05) is 15.9 Å². The molecule has 0 heterocycles. The number of carboxylic acids is 1. The van der Waals surface area contributed by atoms with Crippen molar-refractivity contribution in [1.82, 2.24) is 5.32 Å². The summed E-state index contributed by atoms with van der Waals surface area (Å²) < 4.78 is 25.1. The monoisotopic (exact) mass is 379 g/mol. The summed E-state index contributed by atoms with van der Waals surface area (Å²) in [4.78, 5) is 22.6. The Morgan fingerprint density at radius 1 is 1.33 bits per heavy atom. The molecule has 1 aromatic carbocycles. The molecular weight excluding hydrogens is 365 g/mol. The van der Waals surface area contributed by atoms with Crippen LogP contribution in [0.1, 0.15) is 12.8 Å². The molecular formula is C13H15BrFNO4S. The van der Waals surface area contributed by atoms with Gasteiger partial charge in [0.25, 0.3) is 0 Å². The van der Waals surface area contributed by atoms with E-state index in [1.54, 1.807) is 24.3 Å². The van der Waals surface area contributed by atoms with E-state index in [2.05, 4.69) is 21.2 Å². The van der Waals surface area contributed by atoms with Gasteiger partial charge in [0.1, 0.15) is 6.67 Å². The van der Waals surface area contributed by atoms with Gasteiger partial charge in [-0.25, -0.2) is 9.18 Å². The summed E-state index contributed by atoms with van der Waals surface area (Å²) in [6, 6.07) is 5.49. The van der Waals surface area contributed by atoms with Crippen LogP contribution in [0.3, 0.4) is 0 Å². The van der Waals surface area contributed by atoms with Gasteiger partial charge < -0.3 is 10.4 Å². The fourth-order valence-corrected chi connectivity index (χ4v) is 2.85. The quantitative estimate of drug-likeness (QED) is 0.722. The van der Waals surface area contributed by atoms with Gasteiger partial charge in [-0.2, -0.15) is 0 Å². The van der Waals surface area contributed by atoms with Crippen molar-refractivity contribution in [1.29, 1.82) is 0 Å². The molecule has 0 aromatic heterocycles. The van der Waals surface area contributed by atoms with Gasteiger partial charge in [0.15, 0.2) is 6.04 Å². The molecule has 21 heavy (non-hydrogen) atoms. The van der Waals surface area contributed by atoms with E-state index in [9.17, 15) is 18.2 Å². The molecule has 0 bridgehead atoms. The van der Waals surface area contributed by atoms with Crippen molar-refractivity contribution in [3.05, 3.63) is 28.7 Å². The summed E-state index contributed by atoms with van der Waals surface area (Å²) in [5.41, 5.74) is 0. The zero-order chi connectivity index (χ0) is 15.8. The summed E-state index contributed by atoms with van der Waals surface area (Å²) in [6.07, 6.45) is 0.333. The van der Waals surface area contributed by atoms with E-state index in [0.717, 1.165) is 4.47 Å². The Kier molecular flexibility index (Phi) is 7.52. The maximum absolute atomic E-state index is 12.3. The number of aliphatic carboxylic acids is 1. The molecule has 0 saturated heterocycles. The molecule has 2 unspecified atom stereocenters. The number of carbonyl (C=O) groups is 2. The molecule has 0 spiro atoms. The molecule has 116 valence electrons. The first-order chi connectivity index (χ1) is 9.93. The second kappa shape index (κ2) is 8.89. The number of hydrogen-bond acceptors (Lipinski definition) is 3. The van der Waals surface area contributed by atoms with Gasteiger partial charge in [-0.05, 0) is 30.7 Å². The Morgan fingerprint density at radius 2 is 1.95 bits per heavy atom. The van der Waals surface area contributed by atoms with E-state index < -0.39 is 35.4 Å². The minimum absolute atomic E-state index is 0.00600. The number of benzene rings is 1. The van der Waals surface area contributed by atoms with E-state index in [4.69, 9.17) is 5.11 Å². The second-order valence-corrected chi connectivity index (χ2v) is 6.71. The molecule has 5 nitrogen and oxygen atoms in total. The molecule has 8 heteroatoms. The van der Waals surface area contributed by atoms with Crippen LogP contribution < -0.4 is 5.32 Å². The molecule has 0 radical (unpaired) electrons. The van der Waals surface area contributed by atoms with Gasteiger partial charge in [0.05, 0.1) is 10.8 Å². The summed E-state index contributed by atoms with van der Waals surface area (Å²) in [7, 11) is -1.22. The number of alkyl halides is 1. The number of hydrogen-bond donors (Lipinski definition) is 2. The zero-order valence-electron chi connectivity index (χ0n) is 11.1. The number of nitrogens with one attached hydrogen (secondary N) is 1. The smallest absolute Gasteiger partial charge is 0.328 e. The third-order valence-electron chi connectivity index (χ3n) is 2.60. The van der Waals surface area contributed by atoms with Crippen LogP contribution in [-0.2, 0) is 20.4 Å².